The Labute approximate surface area is 130 Å². The Bertz CT molecular complexity index is 604. The predicted molar refractivity (Wildman–Crippen MR) is 83.7 cm³/mol. The molecule has 100 valence electrons. The van der Waals surface area contributed by atoms with Gasteiger partial charge in [-0.05, 0) is 29.8 Å². The average molecular weight is 361 g/mol. The maximum absolute atomic E-state index is 10.3. The topological polar surface area (TPSA) is 46.2 Å². The van der Waals surface area contributed by atoms with Gasteiger partial charge >= 0.3 is 0 Å². The van der Waals surface area contributed by atoms with E-state index in [2.05, 4.69) is 15.9 Å². The quantitative estimate of drug-likeness (QED) is 0.785. The number of rotatable bonds is 3. The Balaban J connectivity index is 2.28. The summed E-state index contributed by atoms with van der Waals surface area (Å²) in [6.07, 6.45) is -0.367. The monoisotopic (exact) mass is 359 g/mol. The highest BCUT2D eigenvalue weighted by Gasteiger charge is 2.15. The van der Waals surface area contributed by atoms with Gasteiger partial charge in [0.05, 0.1) is 16.1 Å². The van der Waals surface area contributed by atoms with Crippen LogP contribution in [0.2, 0.25) is 10.0 Å². The van der Waals surface area contributed by atoms with E-state index in [9.17, 15) is 5.11 Å². The first-order valence-corrected chi connectivity index (χ1v) is 7.20. The van der Waals surface area contributed by atoms with Crippen LogP contribution in [0.4, 0.5) is 5.69 Å². The molecule has 2 nitrogen and oxygen atoms in total. The van der Waals surface area contributed by atoms with E-state index in [-0.39, 0.29) is 0 Å². The first-order valence-electron chi connectivity index (χ1n) is 5.65. The van der Waals surface area contributed by atoms with Crippen LogP contribution in [0.15, 0.2) is 40.9 Å². The molecule has 5 heteroatoms. The first kappa shape index (κ1) is 14.7. The smallest absolute Gasteiger partial charge is 0.0851 e. The molecule has 1 atom stereocenters. The first-order chi connectivity index (χ1) is 8.99. The number of aliphatic hydroxyl groups is 1. The molecule has 0 aliphatic heterocycles. The lowest BCUT2D eigenvalue weighted by Gasteiger charge is -2.15. The molecule has 2 aromatic rings. The van der Waals surface area contributed by atoms with E-state index in [0.717, 1.165) is 10.0 Å². The molecule has 3 N–H and O–H groups in total. The van der Waals surface area contributed by atoms with E-state index >= 15 is 0 Å². The number of hydrogen-bond acceptors (Lipinski definition) is 2. The molecular formula is C14H12BrCl2NO. The van der Waals surface area contributed by atoms with Gasteiger partial charge in [-0.2, -0.15) is 0 Å². The van der Waals surface area contributed by atoms with Gasteiger partial charge in [-0.3, -0.25) is 0 Å². The lowest BCUT2D eigenvalue weighted by atomic mass is 10.00. The molecule has 2 aromatic carbocycles. The van der Waals surface area contributed by atoms with Crippen molar-refractivity contribution in [2.75, 3.05) is 5.73 Å². The largest absolute Gasteiger partial charge is 0.398 e. The molecule has 0 aliphatic carbocycles. The van der Waals surface area contributed by atoms with Gasteiger partial charge in [0.1, 0.15) is 0 Å². The minimum Gasteiger partial charge on any atom is -0.398 e. The summed E-state index contributed by atoms with van der Waals surface area (Å²) in [5.74, 6) is 0. The van der Waals surface area contributed by atoms with Crippen molar-refractivity contribution in [2.45, 2.75) is 12.5 Å². The summed E-state index contributed by atoms with van der Waals surface area (Å²) in [7, 11) is 0. The zero-order chi connectivity index (χ0) is 14.0. The summed E-state index contributed by atoms with van der Waals surface area (Å²) in [5, 5.41) is 11.2. The second-order valence-corrected chi connectivity index (χ2v) is 5.91. The Morgan fingerprint density at radius 1 is 1.21 bits per heavy atom. The van der Waals surface area contributed by atoms with E-state index in [1.165, 1.54) is 0 Å². The van der Waals surface area contributed by atoms with Crippen molar-refractivity contribution in [1.82, 2.24) is 0 Å². The van der Waals surface area contributed by atoms with Crippen LogP contribution >= 0.6 is 39.1 Å². The molecule has 0 saturated heterocycles. The molecule has 1 unspecified atom stereocenters. The fourth-order valence-electron chi connectivity index (χ4n) is 1.86. The summed E-state index contributed by atoms with van der Waals surface area (Å²) in [6, 6.07) is 10.7. The van der Waals surface area contributed by atoms with Gasteiger partial charge in [0.2, 0.25) is 0 Å². The van der Waals surface area contributed by atoms with E-state index in [4.69, 9.17) is 28.9 Å². The number of benzene rings is 2. The number of anilines is 1. The summed E-state index contributed by atoms with van der Waals surface area (Å²) in [6.45, 7) is 0. The highest BCUT2D eigenvalue weighted by Crippen LogP contribution is 2.31. The summed E-state index contributed by atoms with van der Waals surface area (Å²) < 4.78 is 0.868. The molecule has 0 saturated carbocycles. The highest BCUT2D eigenvalue weighted by molar-refractivity contribution is 9.10. The van der Waals surface area contributed by atoms with Gasteiger partial charge in [0.15, 0.2) is 0 Å². The van der Waals surface area contributed by atoms with Gasteiger partial charge in [-0.1, -0.05) is 51.3 Å². The molecule has 0 heterocycles. The van der Waals surface area contributed by atoms with Crippen LogP contribution in [0, 0.1) is 0 Å². The fourth-order valence-corrected chi connectivity index (χ4v) is 2.63. The lowest BCUT2D eigenvalue weighted by Crippen LogP contribution is -2.06. The van der Waals surface area contributed by atoms with Crippen molar-refractivity contribution >= 4 is 44.8 Å². The average Bonchev–Trinajstić information content (AvgIpc) is 2.38. The van der Waals surface area contributed by atoms with Crippen LogP contribution in [0.5, 0.6) is 0 Å². The molecule has 0 spiro atoms. The van der Waals surface area contributed by atoms with Gasteiger partial charge in [0.25, 0.3) is 0 Å². The zero-order valence-electron chi connectivity index (χ0n) is 9.91. The van der Waals surface area contributed by atoms with Gasteiger partial charge in [-0.15, -0.1) is 0 Å². The third kappa shape index (κ3) is 3.42. The SMILES string of the molecule is Nc1ccc(Br)cc1C(O)Cc1cccc(Cl)c1Cl. The van der Waals surface area contributed by atoms with Gasteiger partial charge < -0.3 is 10.8 Å². The maximum atomic E-state index is 10.3. The minimum atomic E-state index is -0.728. The number of halogens is 3. The molecule has 2 rings (SSSR count). The van der Waals surface area contributed by atoms with Crippen molar-refractivity contribution in [2.24, 2.45) is 0 Å². The molecule has 0 aromatic heterocycles. The second-order valence-electron chi connectivity index (χ2n) is 4.21. The Kier molecular flexibility index (Phi) is 4.74. The van der Waals surface area contributed by atoms with Crippen LogP contribution in [0.25, 0.3) is 0 Å². The molecule has 0 bridgehead atoms. The summed E-state index contributed by atoms with van der Waals surface area (Å²) in [5.41, 5.74) is 7.89. The van der Waals surface area contributed by atoms with Crippen LogP contribution in [-0.4, -0.2) is 5.11 Å². The third-order valence-electron chi connectivity index (χ3n) is 2.85. The van der Waals surface area contributed by atoms with Crippen molar-refractivity contribution in [1.29, 1.82) is 0 Å². The number of hydrogen-bond donors (Lipinski definition) is 2. The van der Waals surface area contributed by atoms with Crippen LogP contribution < -0.4 is 5.73 Å². The second kappa shape index (κ2) is 6.14. The van der Waals surface area contributed by atoms with Crippen LogP contribution in [-0.2, 0) is 6.42 Å². The van der Waals surface area contributed by atoms with Crippen LogP contribution in [0.3, 0.4) is 0 Å². The van der Waals surface area contributed by atoms with Crippen molar-refractivity contribution < 1.29 is 5.11 Å². The lowest BCUT2D eigenvalue weighted by molar-refractivity contribution is 0.179. The third-order valence-corrected chi connectivity index (χ3v) is 4.20. The van der Waals surface area contributed by atoms with E-state index in [1.807, 2.05) is 12.1 Å². The fraction of sp³-hybridized carbons (Fsp3) is 0.143. The Morgan fingerprint density at radius 2 is 1.95 bits per heavy atom. The molecule has 0 fully saturated rings. The normalized spacial score (nSPS) is 12.4. The summed E-state index contributed by atoms with van der Waals surface area (Å²) >= 11 is 15.4. The number of nitrogen functional groups attached to an aromatic ring is 1. The minimum absolute atomic E-state index is 0.361. The molecule has 0 aliphatic rings. The molecule has 0 amide bonds. The molecule has 19 heavy (non-hydrogen) atoms. The van der Waals surface area contributed by atoms with Crippen LogP contribution in [0.1, 0.15) is 17.2 Å². The van der Waals surface area contributed by atoms with E-state index in [0.29, 0.717) is 27.7 Å². The zero-order valence-corrected chi connectivity index (χ0v) is 13.0. The van der Waals surface area contributed by atoms with Crippen molar-refractivity contribution in [3.8, 4) is 0 Å². The van der Waals surface area contributed by atoms with E-state index < -0.39 is 6.10 Å². The number of aliphatic hydroxyl groups excluding tert-OH is 1. The molecular weight excluding hydrogens is 349 g/mol. The van der Waals surface area contributed by atoms with Gasteiger partial charge in [-0.25, -0.2) is 0 Å². The van der Waals surface area contributed by atoms with E-state index in [1.54, 1.807) is 24.3 Å². The summed E-state index contributed by atoms with van der Waals surface area (Å²) in [4.78, 5) is 0. The van der Waals surface area contributed by atoms with Gasteiger partial charge in [0, 0.05) is 22.1 Å². The van der Waals surface area contributed by atoms with Crippen molar-refractivity contribution in [3.05, 3.63) is 62.0 Å². The Hall–Kier alpha value is -0.740. The van der Waals surface area contributed by atoms with Crippen molar-refractivity contribution in [3.63, 3.8) is 0 Å². The Morgan fingerprint density at radius 3 is 2.68 bits per heavy atom. The highest BCUT2D eigenvalue weighted by atomic mass is 79.9. The molecule has 0 radical (unpaired) electrons. The standard InChI is InChI=1S/C14H12BrCl2NO/c15-9-4-5-12(18)10(7-9)13(19)6-8-2-1-3-11(16)14(8)17/h1-5,7,13,19H,6,18H2. The predicted octanol–water partition coefficient (Wildman–Crippen LogP) is 4.61. The maximum Gasteiger partial charge on any atom is 0.0851 e. The number of nitrogens with two attached hydrogens (primary N) is 1.